The van der Waals surface area contributed by atoms with Crippen molar-refractivity contribution in [3.8, 4) is 6.07 Å². The monoisotopic (exact) mass is 352 g/mol. The Kier molecular flexibility index (Phi) is 3.71. The molecule has 0 aliphatic heterocycles. The molecule has 1 aromatic heterocycles. The second-order valence-corrected chi connectivity index (χ2v) is 9.53. The molecule has 4 bridgehead atoms. The minimum absolute atomic E-state index is 0.0155. The molecule has 4 heteroatoms. The van der Waals surface area contributed by atoms with Gasteiger partial charge in [0, 0.05) is 18.0 Å². The molecule has 0 N–H and O–H groups in total. The van der Waals surface area contributed by atoms with E-state index in [-0.39, 0.29) is 11.4 Å². The number of rotatable bonds is 5. The number of furan rings is 1. The Morgan fingerprint density at radius 3 is 2.35 bits per heavy atom. The van der Waals surface area contributed by atoms with Gasteiger partial charge in [-0.15, -0.1) is 0 Å². The second-order valence-electron chi connectivity index (χ2n) is 9.53. The highest BCUT2D eigenvalue weighted by molar-refractivity contribution is 5.92. The Balaban J connectivity index is 1.43. The van der Waals surface area contributed by atoms with E-state index < -0.39 is 0 Å². The highest BCUT2D eigenvalue weighted by Gasteiger charge is 2.55. The summed E-state index contributed by atoms with van der Waals surface area (Å²) in [6.45, 7) is 2.76. The number of carbonyl (C=O) groups excluding carboxylic acids is 1. The lowest BCUT2D eigenvalue weighted by atomic mass is 9.52. The van der Waals surface area contributed by atoms with Gasteiger partial charge in [-0.1, -0.05) is 6.92 Å². The van der Waals surface area contributed by atoms with Crippen LogP contribution in [0.4, 0.5) is 0 Å². The zero-order chi connectivity index (χ0) is 17.9. The summed E-state index contributed by atoms with van der Waals surface area (Å²) in [5, 5.41) is 9.15. The molecule has 1 heterocycles. The van der Waals surface area contributed by atoms with Crippen LogP contribution in [0.5, 0.6) is 0 Å². The van der Waals surface area contributed by atoms with E-state index in [1.54, 1.807) is 0 Å². The molecule has 5 aliphatic carbocycles. The first-order chi connectivity index (χ1) is 12.6. The Morgan fingerprint density at radius 2 is 1.81 bits per heavy atom. The molecule has 0 unspecified atom stereocenters. The lowest BCUT2D eigenvalue weighted by molar-refractivity contribution is -0.0748. The van der Waals surface area contributed by atoms with Crippen LogP contribution in [-0.2, 0) is 0 Å². The maximum atomic E-state index is 13.4. The summed E-state index contributed by atoms with van der Waals surface area (Å²) in [6.07, 6.45) is 9.00. The first-order valence-electron chi connectivity index (χ1n) is 10.4. The summed E-state index contributed by atoms with van der Waals surface area (Å²) in [5.74, 6) is 4.95. The largest absolute Gasteiger partial charge is 0.456 e. The van der Waals surface area contributed by atoms with E-state index in [9.17, 15) is 4.79 Å². The van der Waals surface area contributed by atoms with Gasteiger partial charge >= 0.3 is 0 Å². The van der Waals surface area contributed by atoms with E-state index in [1.165, 1.54) is 19.3 Å². The van der Waals surface area contributed by atoms with E-state index in [4.69, 9.17) is 9.68 Å². The molecule has 0 radical (unpaired) electrons. The molecule has 0 saturated heterocycles. The summed E-state index contributed by atoms with van der Waals surface area (Å²) in [6, 6.07) is 6.10. The first kappa shape index (κ1) is 16.4. The van der Waals surface area contributed by atoms with Crippen LogP contribution < -0.4 is 0 Å². The normalized spacial score (nSPS) is 39.6. The minimum Gasteiger partial charge on any atom is -0.456 e. The third-order valence-electron chi connectivity index (χ3n) is 7.58. The van der Waals surface area contributed by atoms with Gasteiger partial charge in [-0.2, -0.15) is 5.26 Å². The zero-order valence-corrected chi connectivity index (χ0v) is 15.6. The molecular formula is C22H28N2O2. The van der Waals surface area contributed by atoms with Crippen molar-refractivity contribution in [2.24, 2.45) is 23.7 Å². The molecule has 6 rings (SSSR count). The topological polar surface area (TPSA) is 57.2 Å². The van der Waals surface area contributed by atoms with Crippen LogP contribution in [0.1, 0.15) is 80.5 Å². The lowest BCUT2D eigenvalue weighted by Gasteiger charge is -2.60. The fraction of sp³-hybridized carbons (Fsp3) is 0.727. The maximum Gasteiger partial charge on any atom is 0.290 e. The third-order valence-corrected chi connectivity index (χ3v) is 7.58. The van der Waals surface area contributed by atoms with Crippen molar-refractivity contribution in [2.45, 2.75) is 69.7 Å². The molecule has 5 aliphatic rings. The number of carbonyl (C=O) groups is 1. The van der Waals surface area contributed by atoms with E-state index >= 15 is 0 Å². The third kappa shape index (κ3) is 2.59. The SMILES string of the molecule is C[C@H]1C[C@H]1c1ccc(C(=O)N(CCC#N)C23CC4CC(CC(C4)C2)C3)o1. The molecule has 2 atom stereocenters. The van der Waals surface area contributed by atoms with Gasteiger partial charge in [0.2, 0.25) is 0 Å². The molecule has 0 spiro atoms. The van der Waals surface area contributed by atoms with Gasteiger partial charge in [-0.05, 0) is 80.8 Å². The van der Waals surface area contributed by atoms with Crippen LogP contribution in [0.3, 0.4) is 0 Å². The lowest BCUT2D eigenvalue weighted by Crippen LogP contribution is -2.61. The average Bonchev–Trinajstić information content (AvgIpc) is 3.13. The van der Waals surface area contributed by atoms with Gasteiger partial charge in [0.15, 0.2) is 5.76 Å². The number of hydrogen-bond acceptors (Lipinski definition) is 3. The van der Waals surface area contributed by atoms with Crippen molar-refractivity contribution in [1.82, 2.24) is 4.90 Å². The number of hydrogen-bond donors (Lipinski definition) is 0. The standard InChI is InChI=1S/C22H28N2O2/c1-14-7-18(14)19-3-4-20(26-19)21(25)24(6-2-5-23)22-11-15-8-16(12-22)10-17(9-15)13-22/h3-4,14-18H,2,6-13H2,1H3/t14-,15?,16?,17?,18+,22?/m0/s1. The fourth-order valence-electron chi connectivity index (χ4n) is 6.63. The molecule has 26 heavy (non-hydrogen) atoms. The highest BCUT2D eigenvalue weighted by atomic mass is 16.4. The molecule has 1 amide bonds. The number of amides is 1. The van der Waals surface area contributed by atoms with Gasteiger partial charge in [0.25, 0.3) is 5.91 Å². The van der Waals surface area contributed by atoms with E-state index in [2.05, 4.69) is 17.9 Å². The summed E-state index contributed by atoms with van der Waals surface area (Å²) < 4.78 is 5.99. The van der Waals surface area contributed by atoms with Gasteiger partial charge in [-0.25, -0.2) is 0 Å². The molecule has 138 valence electrons. The molecule has 1 aromatic rings. The van der Waals surface area contributed by atoms with Gasteiger partial charge in [0.1, 0.15) is 5.76 Å². The molecule has 5 saturated carbocycles. The van der Waals surface area contributed by atoms with Crippen molar-refractivity contribution in [1.29, 1.82) is 5.26 Å². The quantitative estimate of drug-likeness (QED) is 0.770. The zero-order valence-electron chi connectivity index (χ0n) is 15.6. The van der Waals surface area contributed by atoms with Crippen LogP contribution in [0.25, 0.3) is 0 Å². The number of nitriles is 1. The maximum absolute atomic E-state index is 13.4. The van der Waals surface area contributed by atoms with Crippen molar-refractivity contribution in [2.75, 3.05) is 6.54 Å². The number of nitrogens with zero attached hydrogens (tertiary/aromatic N) is 2. The fourth-order valence-corrected chi connectivity index (χ4v) is 6.63. The van der Waals surface area contributed by atoms with Crippen molar-refractivity contribution < 1.29 is 9.21 Å². The Bertz CT molecular complexity index is 723. The molecule has 4 nitrogen and oxygen atoms in total. The van der Waals surface area contributed by atoms with Crippen molar-refractivity contribution in [3.05, 3.63) is 23.7 Å². The van der Waals surface area contributed by atoms with Gasteiger partial charge < -0.3 is 9.32 Å². The van der Waals surface area contributed by atoms with Crippen LogP contribution in [-0.4, -0.2) is 22.9 Å². The predicted octanol–water partition coefficient (Wildman–Crippen LogP) is 4.73. The van der Waals surface area contributed by atoms with Crippen molar-refractivity contribution >= 4 is 5.91 Å². The predicted molar refractivity (Wildman–Crippen MR) is 97.4 cm³/mol. The molecular weight excluding hydrogens is 324 g/mol. The smallest absolute Gasteiger partial charge is 0.290 e. The van der Waals surface area contributed by atoms with Crippen molar-refractivity contribution in [3.63, 3.8) is 0 Å². The van der Waals surface area contributed by atoms with Gasteiger partial charge in [0.05, 0.1) is 12.5 Å². The van der Waals surface area contributed by atoms with Crippen LogP contribution in [0.15, 0.2) is 16.5 Å². The molecule has 0 aromatic carbocycles. The van der Waals surface area contributed by atoms with E-state index in [1.807, 2.05) is 12.1 Å². The Morgan fingerprint density at radius 1 is 1.19 bits per heavy atom. The van der Waals surface area contributed by atoms with E-state index in [0.29, 0.717) is 30.6 Å². The Hall–Kier alpha value is -1.76. The van der Waals surface area contributed by atoms with Crippen LogP contribution >= 0.6 is 0 Å². The van der Waals surface area contributed by atoms with E-state index in [0.717, 1.165) is 49.2 Å². The molecule has 5 fully saturated rings. The first-order valence-corrected chi connectivity index (χ1v) is 10.4. The summed E-state index contributed by atoms with van der Waals surface area (Å²) >= 11 is 0. The minimum atomic E-state index is -0.0253. The highest BCUT2D eigenvalue weighted by Crippen LogP contribution is 2.58. The second kappa shape index (κ2) is 5.87. The summed E-state index contributed by atoms with van der Waals surface area (Å²) in [7, 11) is 0. The van der Waals surface area contributed by atoms with Crippen LogP contribution in [0.2, 0.25) is 0 Å². The summed E-state index contributed by atoms with van der Waals surface area (Å²) in [5.41, 5.74) is -0.0253. The van der Waals surface area contributed by atoms with Crippen LogP contribution in [0, 0.1) is 35.0 Å². The summed E-state index contributed by atoms with van der Waals surface area (Å²) in [4.78, 5) is 15.5. The average molecular weight is 352 g/mol. The van der Waals surface area contributed by atoms with Gasteiger partial charge in [-0.3, -0.25) is 4.79 Å². The Labute approximate surface area is 155 Å².